The van der Waals surface area contributed by atoms with Gasteiger partial charge in [-0.15, -0.1) is 0 Å². The molecule has 2 nitrogen and oxygen atoms in total. The second kappa shape index (κ2) is 7.42. The third kappa shape index (κ3) is 5.12. The van der Waals surface area contributed by atoms with Gasteiger partial charge in [-0.3, -0.25) is 4.90 Å². The third-order valence-electron chi connectivity index (χ3n) is 4.67. The summed E-state index contributed by atoms with van der Waals surface area (Å²) in [4.78, 5) is 2.67. The molecule has 0 unspecified atom stereocenters. The number of hydrogen-bond donors (Lipinski definition) is 1. The molecule has 2 aliphatic rings. The van der Waals surface area contributed by atoms with Gasteiger partial charge in [0.1, 0.15) is 0 Å². The Labute approximate surface area is 129 Å². The first-order valence-electron chi connectivity index (χ1n) is 8.87. The molecule has 1 N–H and O–H groups in total. The highest BCUT2D eigenvalue weighted by atomic mass is 15.1. The normalized spacial score (nSPS) is 18.4. The monoisotopic (exact) mass is 286 g/mol. The molecule has 0 amide bonds. The fraction of sp³-hybridized carbons (Fsp3) is 0.684. The average Bonchev–Trinajstić information content (AvgIpc) is 3.36. The van der Waals surface area contributed by atoms with E-state index in [0.29, 0.717) is 0 Å². The molecule has 2 heteroatoms. The molecular formula is C19H30N2. The average molecular weight is 286 g/mol. The van der Waals surface area contributed by atoms with E-state index in [0.717, 1.165) is 25.0 Å². The Morgan fingerprint density at radius 1 is 1.10 bits per heavy atom. The maximum Gasteiger partial charge on any atom is 0.0236 e. The predicted molar refractivity (Wildman–Crippen MR) is 89.5 cm³/mol. The third-order valence-corrected chi connectivity index (χ3v) is 4.67. The van der Waals surface area contributed by atoms with Gasteiger partial charge in [-0.2, -0.15) is 0 Å². The van der Waals surface area contributed by atoms with Crippen LogP contribution < -0.4 is 5.32 Å². The fourth-order valence-corrected chi connectivity index (χ4v) is 3.11. The molecule has 1 aromatic rings. The van der Waals surface area contributed by atoms with Crippen molar-refractivity contribution in [3.8, 4) is 0 Å². The van der Waals surface area contributed by atoms with Crippen molar-refractivity contribution in [2.45, 2.75) is 58.0 Å². The molecule has 1 aromatic carbocycles. The van der Waals surface area contributed by atoms with Crippen LogP contribution in [0.15, 0.2) is 24.3 Å². The molecule has 0 radical (unpaired) electrons. The van der Waals surface area contributed by atoms with E-state index < -0.39 is 0 Å². The molecule has 2 saturated carbocycles. The van der Waals surface area contributed by atoms with Gasteiger partial charge >= 0.3 is 0 Å². The van der Waals surface area contributed by atoms with Gasteiger partial charge in [0, 0.05) is 19.1 Å². The van der Waals surface area contributed by atoms with Crippen LogP contribution in [0, 0.1) is 5.92 Å². The molecule has 0 heterocycles. The van der Waals surface area contributed by atoms with Crippen LogP contribution in [0.3, 0.4) is 0 Å². The zero-order valence-corrected chi connectivity index (χ0v) is 13.5. The maximum atomic E-state index is 3.64. The number of nitrogens with zero attached hydrogens (tertiary/aromatic N) is 1. The van der Waals surface area contributed by atoms with Crippen LogP contribution in [0.2, 0.25) is 0 Å². The van der Waals surface area contributed by atoms with Gasteiger partial charge < -0.3 is 5.32 Å². The van der Waals surface area contributed by atoms with Crippen molar-refractivity contribution in [2.75, 3.05) is 19.6 Å². The molecule has 116 valence electrons. The highest BCUT2D eigenvalue weighted by molar-refractivity contribution is 5.27. The van der Waals surface area contributed by atoms with Crippen molar-refractivity contribution in [2.24, 2.45) is 5.92 Å². The number of benzene rings is 1. The topological polar surface area (TPSA) is 15.3 Å². The Kier molecular flexibility index (Phi) is 5.32. The summed E-state index contributed by atoms with van der Waals surface area (Å²) in [5, 5.41) is 3.64. The van der Waals surface area contributed by atoms with Crippen LogP contribution in [0.5, 0.6) is 0 Å². The molecule has 0 aliphatic heterocycles. The van der Waals surface area contributed by atoms with E-state index in [1.165, 1.54) is 51.6 Å². The molecule has 21 heavy (non-hydrogen) atoms. The lowest BCUT2D eigenvalue weighted by Gasteiger charge is -2.23. The highest BCUT2D eigenvalue weighted by Gasteiger charge is 2.24. The summed E-state index contributed by atoms with van der Waals surface area (Å²) in [7, 11) is 0. The molecule has 0 aromatic heterocycles. The molecule has 2 aliphatic carbocycles. The van der Waals surface area contributed by atoms with E-state index in [9.17, 15) is 0 Å². The van der Waals surface area contributed by atoms with Gasteiger partial charge in [0.2, 0.25) is 0 Å². The van der Waals surface area contributed by atoms with Crippen molar-refractivity contribution in [3.63, 3.8) is 0 Å². The van der Waals surface area contributed by atoms with Crippen LogP contribution >= 0.6 is 0 Å². The first-order chi connectivity index (χ1) is 10.3. The predicted octanol–water partition coefficient (Wildman–Crippen LogP) is 3.60. The van der Waals surface area contributed by atoms with Crippen LogP contribution in [-0.2, 0) is 13.0 Å². The van der Waals surface area contributed by atoms with E-state index in [-0.39, 0.29) is 0 Å². The lowest BCUT2D eigenvalue weighted by Crippen LogP contribution is -2.27. The lowest BCUT2D eigenvalue weighted by molar-refractivity contribution is 0.254. The van der Waals surface area contributed by atoms with Crippen LogP contribution in [0.1, 0.15) is 50.2 Å². The van der Waals surface area contributed by atoms with Crippen LogP contribution in [0.4, 0.5) is 0 Å². The molecule has 0 atom stereocenters. The Balaban J connectivity index is 1.55. The highest BCUT2D eigenvalue weighted by Crippen LogP contribution is 2.30. The van der Waals surface area contributed by atoms with Gasteiger partial charge in [0.05, 0.1) is 0 Å². The number of rotatable bonds is 10. The summed E-state index contributed by atoms with van der Waals surface area (Å²) in [6.45, 7) is 7.13. The summed E-state index contributed by atoms with van der Waals surface area (Å²) < 4.78 is 0. The second-order valence-electron chi connectivity index (χ2n) is 6.93. The van der Waals surface area contributed by atoms with Gasteiger partial charge in [-0.05, 0) is 68.7 Å². The van der Waals surface area contributed by atoms with Crippen molar-refractivity contribution in [3.05, 3.63) is 35.4 Å². The Bertz CT molecular complexity index is 435. The summed E-state index contributed by atoms with van der Waals surface area (Å²) in [6, 6.07) is 9.88. The standard InChI is InChI=1S/C19H30N2/c1-2-13-21(14-16-7-8-16)15-18-6-4-3-5-17(18)11-12-20-19-9-10-19/h3-6,16,19-20H,2,7-15H2,1H3. The number of hydrogen-bond acceptors (Lipinski definition) is 2. The minimum absolute atomic E-state index is 0.823. The summed E-state index contributed by atoms with van der Waals surface area (Å²) >= 11 is 0. The smallest absolute Gasteiger partial charge is 0.0236 e. The Morgan fingerprint density at radius 2 is 1.86 bits per heavy atom. The van der Waals surface area contributed by atoms with E-state index in [1.807, 2.05) is 0 Å². The zero-order chi connectivity index (χ0) is 14.5. The molecule has 2 fully saturated rings. The molecule has 3 rings (SSSR count). The number of nitrogens with one attached hydrogen (secondary N) is 1. The SMILES string of the molecule is CCCN(Cc1ccccc1CCNC1CC1)CC1CC1. The Hall–Kier alpha value is -0.860. The first kappa shape index (κ1) is 15.1. The largest absolute Gasteiger partial charge is 0.314 e. The van der Waals surface area contributed by atoms with Gasteiger partial charge in [0.15, 0.2) is 0 Å². The molecule has 0 saturated heterocycles. The molecular weight excluding hydrogens is 256 g/mol. The fourth-order valence-electron chi connectivity index (χ4n) is 3.11. The van der Waals surface area contributed by atoms with Crippen molar-refractivity contribution in [1.29, 1.82) is 0 Å². The van der Waals surface area contributed by atoms with Crippen molar-refractivity contribution >= 4 is 0 Å². The van der Waals surface area contributed by atoms with E-state index >= 15 is 0 Å². The van der Waals surface area contributed by atoms with E-state index in [1.54, 1.807) is 11.1 Å². The van der Waals surface area contributed by atoms with Crippen LogP contribution in [-0.4, -0.2) is 30.6 Å². The minimum atomic E-state index is 0.823. The summed E-state index contributed by atoms with van der Waals surface area (Å²) in [5.74, 6) is 0.986. The molecule has 0 spiro atoms. The summed E-state index contributed by atoms with van der Waals surface area (Å²) in [6.07, 6.45) is 8.11. The lowest BCUT2D eigenvalue weighted by atomic mass is 10.0. The van der Waals surface area contributed by atoms with Crippen LogP contribution in [0.25, 0.3) is 0 Å². The molecule has 0 bridgehead atoms. The zero-order valence-electron chi connectivity index (χ0n) is 13.5. The maximum absolute atomic E-state index is 3.64. The quantitative estimate of drug-likeness (QED) is 0.707. The van der Waals surface area contributed by atoms with Gasteiger partial charge in [0.25, 0.3) is 0 Å². The summed E-state index contributed by atoms with van der Waals surface area (Å²) in [5.41, 5.74) is 3.09. The minimum Gasteiger partial charge on any atom is -0.314 e. The van der Waals surface area contributed by atoms with E-state index in [4.69, 9.17) is 0 Å². The van der Waals surface area contributed by atoms with Crippen molar-refractivity contribution < 1.29 is 0 Å². The van der Waals surface area contributed by atoms with Crippen molar-refractivity contribution in [1.82, 2.24) is 10.2 Å². The van der Waals surface area contributed by atoms with Gasteiger partial charge in [-0.25, -0.2) is 0 Å². The van der Waals surface area contributed by atoms with E-state index in [2.05, 4.69) is 41.4 Å². The Morgan fingerprint density at radius 3 is 2.52 bits per heavy atom. The first-order valence-corrected chi connectivity index (χ1v) is 8.87. The second-order valence-corrected chi connectivity index (χ2v) is 6.93. The van der Waals surface area contributed by atoms with Gasteiger partial charge in [-0.1, -0.05) is 31.2 Å².